The second kappa shape index (κ2) is 34.2. The second-order valence-corrected chi connectivity index (χ2v) is 53.9. The number of nitrogens with zero attached hydrogens (tertiary/aromatic N) is 4. The summed E-state index contributed by atoms with van der Waals surface area (Å²) in [6, 6.07) is 143. The van der Waals surface area contributed by atoms with Crippen LogP contribution in [0.5, 0.6) is 0 Å². The first-order valence-corrected chi connectivity index (χ1v) is 57.7. The molecule has 12 heteroatoms. The maximum Gasteiger partial charge on any atom is 0.159 e. The summed E-state index contributed by atoms with van der Waals surface area (Å²) in [5, 5.41) is 7.32. The van der Waals surface area contributed by atoms with E-state index < -0.39 is 27.0 Å². The van der Waals surface area contributed by atoms with Crippen molar-refractivity contribution in [2.45, 2.75) is 116 Å². The molecule has 0 unspecified atom stereocenters. The summed E-state index contributed by atoms with van der Waals surface area (Å²) >= 11 is 0. The minimum Gasteiger partial charge on any atom is -0.455 e. The normalized spacial score (nSPS) is 14.0. The van der Waals surface area contributed by atoms with Gasteiger partial charge < -0.3 is 37.3 Å². The molecule has 22 aromatic rings. The maximum atomic E-state index is 17.5. The molecule has 4 heterocycles. The summed E-state index contributed by atoms with van der Waals surface area (Å²) in [4.78, 5) is 8.90. The molecule has 18 aromatic carbocycles. The van der Waals surface area contributed by atoms with E-state index in [0.717, 1.165) is 213 Å². The minimum absolute atomic E-state index is 0.323. The molecule has 0 amide bonds. The van der Waals surface area contributed by atoms with Gasteiger partial charge in [-0.25, -0.2) is 8.78 Å². The monoisotopic (exact) mass is 1930 g/mol. The average Bonchev–Trinajstić information content (AvgIpc) is 1.51. The minimum atomic E-state index is -1.54. The summed E-state index contributed by atoms with van der Waals surface area (Å²) in [7, 11) is -3.08. The number of para-hydroxylation sites is 6. The lowest BCUT2D eigenvalue weighted by molar-refractivity contribution is 0.592. The van der Waals surface area contributed by atoms with Crippen LogP contribution in [0.3, 0.4) is 0 Å². The first-order chi connectivity index (χ1) is 70.5. The van der Waals surface area contributed by atoms with Crippen molar-refractivity contribution in [1.29, 1.82) is 0 Å². The summed E-state index contributed by atoms with van der Waals surface area (Å²) in [6.07, 6.45) is 0. The van der Waals surface area contributed by atoms with Gasteiger partial charge in [-0.05, 0) is 225 Å². The van der Waals surface area contributed by atoms with E-state index in [1.165, 1.54) is 32.6 Å². The average molecular weight is 1930 g/mol. The van der Waals surface area contributed by atoms with E-state index >= 15 is 8.78 Å². The van der Waals surface area contributed by atoms with Gasteiger partial charge >= 0.3 is 0 Å². The Balaban J connectivity index is 0.000000152. The number of rotatable bonds is 18. The fraction of sp³-hybridized carbons (Fsp3) is 0.134. The van der Waals surface area contributed by atoms with E-state index in [0.29, 0.717) is 11.4 Å². The van der Waals surface area contributed by atoms with Crippen molar-refractivity contribution < 1.29 is 26.4 Å². The summed E-state index contributed by atoms with van der Waals surface area (Å²) < 4.78 is 62.8. The van der Waals surface area contributed by atoms with Crippen molar-refractivity contribution >= 4 is 139 Å². The van der Waals surface area contributed by atoms with Gasteiger partial charge in [0.05, 0.1) is 38.9 Å². The molecule has 26 rings (SSSR count). The van der Waals surface area contributed by atoms with Crippen molar-refractivity contribution in [3.63, 3.8) is 0 Å². The molecule has 0 atom stereocenters. The van der Waals surface area contributed by atoms with Crippen LogP contribution in [0.1, 0.15) is 99.9 Å². The lowest BCUT2D eigenvalue weighted by Gasteiger charge is -2.31. The number of furan rings is 4. The third-order valence-electron chi connectivity index (χ3n) is 31.3. The van der Waals surface area contributed by atoms with Crippen LogP contribution in [0.4, 0.5) is 77.0 Å². The number of anilines is 12. The third-order valence-corrected chi connectivity index (χ3v) is 35.4. The standard InChI is InChI=1S/C70H52F2N2O.C64H58N2O3Si2/c1-69(2)59-43-53(73(51-31-19-9-20-32-51)65-57(47-27-15-7-16-28-47)39-49(41-61(65)71)45-23-11-5-12-24-45)35-37-55(59)67-63(69)64-68(75-67)56-38-36-54(44-60(56)70(64,3)4)74(52-33-21-10-22-34-52)66-58(48-29-17-8-18-30-48)40-50(42-62(66)72)46-25-13-6-14-26-46;1-63(2)51-37-41(65(39-25-31-43(32-26-39)70(5,6)7)53-21-15-19-47-45-17-11-13-23-55(45)67-59(47)53)29-35-49(51)61-57(63)58-62(69-61)50-36-30-42(38-52(50)64(58,3)4)66(40-27-33-44(34-28-40)71(8,9)10)54-22-16-20-48-46-18-12-14-24-56(46)68-60(48)54/h5-44H,1-4H3;11-38H,1-10H3. The smallest absolute Gasteiger partial charge is 0.159 e. The molecule has 4 aromatic heterocycles. The topological polar surface area (TPSA) is 65.5 Å². The van der Waals surface area contributed by atoms with Gasteiger partial charge in [-0.3, -0.25) is 0 Å². The van der Waals surface area contributed by atoms with Gasteiger partial charge in [0.1, 0.15) is 45.8 Å². The highest BCUT2D eigenvalue weighted by Crippen LogP contribution is 2.66. The molecule has 8 nitrogen and oxygen atoms in total. The summed E-state index contributed by atoms with van der Waals surface area (Å²) in [6.45, 7) is 33.1. The molecule has 0 saturated carbocycles. The van der Waals surface area contributed by atoms with Crippen LogP contribution in [0.25, 0.3) is 134 Å². The zero-order chi connectivity index (χ0) is 99.9. The highest BCUT2D eigenvalue weighted by Gasteiger charge is 2.53. The lowest BCUT2D eigenvalue weighted by Crippen LogP contribution is -2.37. The predicted molar refractivity (Wildman–Crippen MR) is 609 cm³/mol. The van der Waals surface area contributed by atoms with Gasteiger partial charge in [0.15, 0.2) is 11.2 Å². The van der Waals surface area contributed by atoms with Crippen LogP contribution in [0.2, 0.25) is 39.3 Å². The number of fused-ring (bicyclic) bond motifs is 20. The quantitative estimate of drug-likeness (QED) is 0.0788. The molecular formula is C134H110F2N4O4Si2. The SMILES string of the molecule is CC1(C)c2cc(N(c3ccc([Si](C)(C)C)cc3)c3cccc4c3oc3ccccc34)ccc2-c2oc3c(c21)C(C)(C)c1cc(N(c2ccc([Si](C)(C)C)cc2)c2cccc4c2oc2ccccc24)ccc1-3.CC1(C)c2cc(N(c3ccccc3)c3c(F)cc(-c4ccccc4)cc3-c3ccccc3)ccc2-c2oc3c(c21)C(C)(C)c1cc(N(c2ccccc2)c2c(F)cc(-c4ccccc4)cc2-c2ccccc2)ccc1-3. The molecule has 4 aliphatic carbocycles. The van der Waals surface area contributed by atoms with Crippen LogP contribution in [0, 0.1) is 11.6 Å². The van der Waals surface area contributed by atoms with Crippen LogP contribution >= 0.6 is 0 Å². The number of benzene rings is 18. The van der Waals surface area contributed by atoms with Gasteiger partial charge in [0.25, 0.3) is 0 Å². The predicted octanol–water partition coefficient (Wildman–Crippen LogP) is 37.5. The van der Waals surface area contributed by atoms with E-state index in [4.69, 9.17) is 17.7 Å². The third kappa shape index (κ3) is 14.7. The van der Waals surface area contributed by atoms with Gasteiger partial charge in [-0.15, -0.1) is 0 Å². The van der Waals surface area contributed by atoms with Crippen molar-refractivity contribution in [2.75, 3.05) is 19.6 Å². The van der Waals surface area contributed by atoms with E-state index in [2.05, 4.69) is 321 Å². The Bertz CT molecular complexity index is 8440. The van der Waals surface area contributed by atoms with Crippen LogP contribution in [0.15, 0.2) is 430 Å². The van der Waals surface area contributed by atoms with Crippen LogP contribution < -0.4 is 30.0 Å². The highest BCUT2D eigenvalue weighted by atomic mass is 28.3. The zero-order valence-electron chi connectivity index (χ0n) is 84.4. The van der Waals surface area contributed by atoms with Crippen LogP contribution in [-0.2, 0) is 21.7 Å². The molecule has 4 aliphatic rings. The largest absolute Gasteiger partial charge is 0.455 e. The zero-order valence-corrected chi connectivity index (χ0v) is 86.4. The Labute approximate surface area is 853 Å². The Morgan fingerprint density at radius 3 is 0.781 bits per heavy atom. The fourth-order valence-electron chi connectivity index (χ4n) is 23.9. The second-order valence-electron chi connectivity index (χ2n) is 43.7. The van der Waals surface area contributed by atoms with E-state index in [1.807, 2.05) is 194 Å². The Morgan fingerprint density at radius 1 is 0.212 bits per heavy atom. The van der Waals surface area contributed by atoms with Gasteiger partial charge in [0.2, 0.25) is 0 Å². The Hall–Kier alpha value is -16.4. The van der Waals surface area contributed by atoms with Gasteiger partial charge in [-0.2, -0.15) is 0 Å². The molecule has 0 radical (unpaired) electrons. The van der Waals surface area contributed by atoms with Crippen molar-refractivity contribution in [2.24, 2.45) is 0 Å². The van der Waals surface area contributed by atoms with E-state index in [-0.39, 0.29) is 22.5 Å². The van der Waals surface area contributed by atoms with E-state index in [1.54, 1.807) is 12.1 Å². The Morgan fingerprint density at radius 2 is 0.473 bits per heavy atom. The van der Waals surface area contributed by atoms with Crippen molar-refractivity contribution in [1.82, 2.24) is 0 Å². The maximum absolute atomic E-state index is 17.5. The molecule has 0 fully saturated rings. The lowest BCUT2D eigenvalue weighted by atomic mass is 9.74. The first kappa shape index (κ1) is 90.9. The van der Waals surface area contributed by atoms with Crippen LogP contribution in [-0.4, -0.2) is 16.1 Å². The number of halogens is 2. The molecule has 0 aliphatic heterocycles. The molecule has 146 heavy (non-hydrogen) atoms. The van der Waals surface area contributed by atoms with Gasteiger partial charge in [0, 0.05) is 144 Å². The number of hydrogen-bond acceptors (Lipinski definition) is 8. The molecular weight excluding hydrogens is 1820 g/mol. The van der Waals surface area contributed by atoms with E-state index in [9.17, 15) is 0 Å². The van der Waals surface area contributed by atoms with Crippen molar-refractivity contribution in [3.8, 4) is 89.8 Å². The fourth-order valence-corrected chi connectivity index (χ4v) is 26.2. The molecule has 0 bridgehead atoms. The summed E-state index contributed by atoms with van der Waals surface area (Å²) in [5.41, 5.74) is 33.3. The molecule has 712 valence electrons. The number of hydrogen-bond donors (Lipinski definition) is 0. The summed E-state index contributed by atoms with van der Waals surface area (Å²) in [5.74, 6) is 3.05. The van der Waals surface area contributed by atoms with Crippen molar-refractivity contribution in [3.05, 3.63) is 469 Å². The first-order valence-electron chi connectivity index (χ1n) is 50.7. The van der Waals surface area contributed by atoms with Gasteiger partial charge in [-0.1, -0.05) is 348 Å². The molecule has 0 spiro atoms. The molecule has 0 N–H and O–H groups in total. The molecule has 0 saturated heterocycles. The highest BCUT2D eigenvalue weighted by molar-refractivity contribution is 6.89. The Kier molecular flexibility index (Phi) is 21.3.